The molecule has 9 heteroatoms. The highest BCUT2D eigenvalue weighted by molar-refractivity contribution is 6.33. The fourth-order valence-electron chi connectivity index (χ4n) is 4.30. The van der Waals surface area contributed by atoms with Gasteiger partial charge in [0.25, 0.3) is 5.56 Å². The van der Waals surface area contributed by atoms with E-state index in [4.69, 9.17) is 26.1 Å². The monoisotopic (exact) mass is 483 g/mol. The second-order valence-corrected chi connectivity index (χ2v) is 8.57. The molecule has 0 aliphatic carbocycles. The number of hydrogen-bond acceptors (Lipinski definition) is 7. The van der Waals surface area contributed by atoms with E-state index in [9.17, 15) is 4.79 Å². The Hall–Kier alpha value is -3.10. The first-order chi connectivity index (χ1) is 16.5. The Kier molecular flexibility index (Phi) is 7.38. The molecule has 0 radical (unpaired) electrons. The molecule has 2 unspecified atom stereocenters. The minimum absolute atomic E-state index is 0.0859. The fourth-order valence-corrected chi connectivity index (χ4v) is 4.56. The summed E-state index contributed by atoms with van der Waals surface area (Å²) < 4.78 is 12.8. The second-order valence-electron chi connectivity index (χ2n) is 8.16. The van der Waals surface area contributed by atoms with Crippen LogP contribution in [0.1, 0.15) is 19.5 Å². The minimum atomic E-state index is -0.153. The van der Waals surface area contributed by atoms with Crippen molar-refractivity contribution in [2.45, 2.75) is 32.4 Å². The van der Waals surface area contributed by atoms with Gasteiger partial charge < -0.3 is 19.7 Å². The van der Waals surface area contributed by atoms with Gasteiger partial charge in [0.1, 0.15) is 23.1 Å². The third-order valence-electron chi connectivity index (χ3n) is 6.07. The highest BCUT2D eigenvalue weighted by Crippen LogP contribution is 2.31. The summed E-state index contributed by atoms with van der Waals surface area (Å²) >= 11 is 6.49. The van der Waals surface area contributed by atoms with Crippen LogP contribution in [0.15, 0.2) is 47.4 Å². The zero-order valence-electron chi connectivity index (χ0n) is 19.9. The number of pyridine rings is 1. The van der Waals surface area contributed by atoms with E-state index in [1.165, 1.54) is 4.57 Å². The lowest BCUT2D eigenvalue weighted by Crippen LogP contribution is -2.38. The molecule has 2 atom stereocenters. The Morgan fingerprint density at radius 1 is 1.21 bits per heavy atom. The number of benzene rings is 1. The number of ether oxygens (including phenoxy) is 2. The number of hydrogen-bond donors (Lipinski definition) is 1. The molecule has 1 N–H and O–H groups in total. The summed E-state index contributed by atoms with van der Waals surface area (Å²) in [5.74, 6) is 2.05. The van der Waals surface area contributed by atoms with Crippen LogP contribution in [0.25, 0.3) is 11.4 Å². The smallest absolute Gasteiger partial charge is 0.277 e. The van der Waals surface area contributed by atoms with Crippen LogP contribution in [0.2, 0.25) is 5.02 Å². The van der Waals surface area contributed by atoms with Gasteiger partial charge in [-0.3, -0.25) is 9.36 Å². The van der Waals surface area contributed by atoms with E-state index in [1.54, 1.807) is 26.4 Å². The van der Waals surface area contributed by atoms with Crippen molar-refractivity contribution >= 4 is 23.1 Å². The molecular weight excluding hydrogens is 454 g/mol. The zero-order valence-corrected chi connectivity index (χ0v) is 20.7. The summed E-state index contributed by atoms with van der Waals surface area (Å²) in [5.41, 5.74) is 1.71. The maximum Gasteiger partial charge on any atom is 0.277 e. The van der Waals surface area contributed by atoms with Crippen molar-refractivity contribution in [2.24, 2.45) is 7.05 Å². The molecule has 4 rings (SSSR count). The van der Waals surface area contributed by atoms with Crippen LogP contribution in [-0.2, 0) is 18.2 Å². The van der Waals surface area contributed by atoms with Crippen molar-refractivity contribution in [3.8, 4) is 17.1 Å². The molecule has 1 aliphatic rings. The summed E-state index contributed by atoms with van der Waals surface area (Å²) in [6, 6.07) is 11.1. The molecule has 34 heavy (non-hydrogen) atoms. The number of aryl methyl sites for hydroxylation is 1. The minimum Gasteiger partial charge on any atom is -0.497 e. The van der Waals surface area contributed by atoms with Crippen LogP contribution in [0, 0.1) is 0 Å². The third-order valence-corrected chi connectivity index (χ3v) is 6.38. The molecule has 3 aromatic rings. The van der Waals surface area contributed by atoms with Gasteiger partial charge >= 0.3 is 0 Å². The molecule has 180 valence electrons. The Morgan fingerprint density at radius 3 is 2.68 bits per heavy atom. The van der Waals surface area contributed by atoms with Gasteiger partial charge in [0, 0.05) is 38.5 Å². The standard InChI is InChI=1S/C25H30ClN5O3/c1-5-19-23(25(32)30(3)24(29-19)17-11-10-16(33-4)13-18(17)26)28-20-14-31(15-21(20)34-6-2)22-9-7-8-12-27-22/h7-13,20-21,28H,5-6,14-15H2,1-4H3. The van der Waals surface area contributed by atoms with Crippen LogP contribution >= 0.6 is 11.6 Å². The number of methoxy groups -OCH3 is 1. The lowest BCUT2D eigenvalue weighted by atomic mass is 10.1. The molecule has 3 heterocycles. The van der Waals surface area contributed by atoms with Gasteiger partial charge in [-0.2, -0.15) is 0 Å². The number of halogens is 1. The average Bonchev–Trinajstić information content (AvgIpc) is 3.25. The second kappa shape index (κ2) is 10.4. The van der Waals surface area contributed by atoms with Crippen molar-refractivity contribution in [1.29, 1.82) is 0 Å². The molecule has 0 saturated carbocycles. The highest BCUT2D eigenvalue weighted by atomic mass is 35.5. The highest BCUT2D eigenvalue weighted by Gasteiger charge is 2.35. The molecule has 0 amide bonds. The maximum atomic E-state index is 13.5. The van der Waals surface area contributed by atoms with Crippen molar-refractivity contribution < 1.29 is 9.47 Å². The Bertz CT molecular complexity index is 1200. The largest absolute Gasteiger partial charge is 0.497 e. The average molecular weight is 484 g/mol. The van der Waals surface area contributed by atoms with Gasteiger partial charge in [0.15, 0.2) is 0 Å². The van der Waals surface area contributed by atoms with Gasteiger partial charge in [0.2, 0.25) is 0 Å². The van der Waals surface area contributed by atoms with E-state index >= 15 is 0 Å². The summed E-state index contributed by atoms with van der Waals surface area (Å²) in [6.45, 7) is 5.91. The first-order valence-electron chi connectivity index (χ1n) is 11.4. The molecule has 1 fully saturated rings. The Balaban J connectivity index is 1.68. The van der Waals surface area contributed by atoms with E-state index in [0.29, 0.717) is 59.7 Å². The van der Waals surface area contributed by atoms with E-state index < -0.39 is 0 Å². The first-order valence-corrected chi connectivity index (χ1v) is 11.8. The quantitative estimate of drug-likeness (QED) is 0.522. The lowest BCUT2D eigenvalue weighted by molar-refractivity contribution is 0.0719. The molecule has 1 aromatic carbocycles. The van der Waals surface area contributed by atoms with Gasteiger partial charge in [-0.25, -0.2) is 9.97 Å². The normalized spacial score (nSPS) is 17.7. The number of anilines is 2. The van der Waals surface area contributed by atoms with Crippen LogP contribution in [-0.4, -0.2) is 53.5 Å². The van der Waals surface area contributed by atoms with Crippen LogP contribution in [0.4, 0.5) is 11.5 Å². The van der Waals surface area contributed by atoms with E-state index in [-0.39, 0.29) is 17.7 Å². The number of nitrogens with one attached hydrogen (secondary N) is 1. The molecule has 0 spiro atoms. The summed E-state index contributed by atoms with van der Waals surface area (Å²) in [7, 11) is 3.30. The predicted molar refractivity (Wildman–Crippen MR) is 135 cm³/mol. The van der Waals surface area contributed by atoms with Crippen LogP contribution in [0.5, 0.6) is 5.75 Å². The summed E-state index contributed by atoms with van der Waals surface area (Å²) in [6.07, 6.45) is 2.29. The van der Waals surface area contributed by atoms with E-state index in [2.05, 4.69) is 15.2 Å². The van der Waals surface area contributed by atoms with Crippen molar-refractivity contribution in [3.63, 3.8) is 0 Å². The third kappa shape index (κ3) is 4.74. The Morgan fingerprint density at radius 2 is 2.03 bits per heavy atom. The van der Waals surface area contributed by atoms with Crippen molar-refractivity contribution in [1.82, 2.24) is 14.5 Å². The van der Waals surface area contributed by atoms with Gasteiger partial charge in [-0.1, -0.05) is 24.6 Å². The summed E-state index contributed by atoms with van der Waals surface area (Å²) in [4.78, 5) is 25.0. The van der Waals surface area contributed by atoms with Crippen LogP contribution < -0.4 is 20.5 Å². The molecule has 1 aliphatic heterocycles. The topological polar surface area (TPSA) is 81.5 Å². The molecule has 0 bridgehead atoms. The lowest BCUT2D eigenvalue weighted by Gasteiger charge is -2.22. The molecule has 1 saturated heterocycles. The van der Waals surface area contributed by atoms with E-state index in [1.807, 2.05) is 44.2 Å². The van der Waals surface area contributed by atoms with Gasteiger partial charge in [-0.05, 0) is 43.7 Å². The van der Waals surface area contributed by atoms with Crippen molar-refractivity contribution in [2.75, 3.05) is 37.0 Å². The summed E-state index contributed by atoms with van der Waals surface area (Å²) in [5, 5.41) is 3.95. The number of aromatic nitrogens is 3. The number of rotatable bonds is 8. The van der Waals surface area contributed by atoms with Gasteiger partial charge in [0.05, 0.1) is 30.0 Å². The van der Waals surface area contributed by atoms with Gasteiger partial charge in [-0.15, -0.1) is 0 Å². The molecular formula is C25H30ClN5O3. The SMILES string of the molecule is CCOC1CN(c2ccccn2)CC1Nc1c(CC)nc(-c2ccc(OC)cc2Cl)n(C)c1=O. The molecule has 8 nitrogen and oxygen atoms in total. The predicted octanol–water partition coefficient (Wildman–Crippen LogP) is 3.77. The number of nitrogens with zero attached hydrogens (tertiary/aromatic N) is 4. The first kappa shape index (κ1) is 24.0. The molecule has 2 aromatic heterocycles. The Labute approximate surface area is 204 Å². The fraction of sp³-hybridized carbons (Fsp3) is 0.400. The maximum absolute atomic E-state index is 13.5. The van der Waals surface area contributed by atoms with E-state index in [0.717, 1.165) is 5.82 Å². The van der Waals surface area contributed by atoms with Crippen LogP contribution in [0.3, 0.4) is 0 Å². The zero-order chi connectivity index (χ0) is 24.2. The van der Waals surface area contributed by atoms with Crippen molar-refractivity contribution in [3.05, 3.63) is 63.7 Å².